The highest BCUT2D eigenvalue weighted by molar-refractivity contribution is 5.90. The summed E-state index contributed by atoms with van der Waals surface area (Å²) in [5, 5.41) is 15.5. The van der Waals surface area contributed by atoms with Crippen LogP contribution in [0.15, 0.2) is 18.2 Å². The van der Waals surface area contributed by atoms with E-state index in [1.165, 1.54) is 18.2 Å². The van der Waals surface area contributed by atoms with Crippen molar-refractivity contribution in [3.05, 3.63) is 29.6 Å². The molecule has 0 fully saturated rings. The summed E-state index contributed by atoms with van der Waals surface area (Å²) in [6.07, 6.45) is 0.827. The lowest BCUT2D eigenvalue weighted by atomic mass is 9.89. The minimum Gasteiger partial charge on any atom is -0.388 e. The average molecular weight is 282 g/mol. The fourth-order valence-corrected chi connectivity index (χ4v) is 1.81. The highest BCUT2D eigenvalue weighted by Gasteiger charge is 2.27. The minimum atomic E-state index is -0.954. The number of aryl methyl sites for hydroxylation is 1. The Morgan fingerprint density at radius 2 is 2.15 bits per heavy atom. The molecule has 1 rings (SSSR count). The molecule has 1 aromatic rings. The van der Waals surface area contributed by atoms with Crippen LogP contribution in [0.3, 0.4) is 0 Å². The topological polar surface area (TPSA) is 61.4 Å². The summed E-state index contributed by atoms with van der Waals surface area (Å²) in [5.74, 6) is -0.261. The zero-order valence-electron chi connectivity index (χ0n) is 12.5. The van der Waals surface area contributed by atoms with Crippen molar-refractivity contribution in [1.82, 2.24) is 5.32 Å². The van der Waals surface area contributed by atoms with Crippen molar-refractivity contribution in [2.45, 2.75) is 39.7 Å². The fraction of sp³-hybridized carbons (Fsp3) is 0.533. The Hall–Kier alpha value is -1.62. The van der Waals surface area contributed by atoms with E-state index in [1.54, 1.807) is 13.8 Å². The molecule has 5 heteroatoms. The van der Waals surface area contributed by atoms with Gasteiger partial charge in [0.25, 0.3) is 0 Å². The van der Waals surface area contributed by atoms with Gasteiger partial charge in [-0.15, -0.1) is 0 Å². The summed E-state index contributed by atoms with van der Waals surface area (Å²) >= 11 is 0. The van der Waals surface area contributed by atoms with Crippen LogP contribution in [-0.2, 0) is 0 Å². The lowest BCUT2D eigenvalue weighted by Crippen LogP contribution is -2.46. The van der Waals surface area contributed by atoms with Gasteiger partial charge in [-0.25, -0.2) is 9.18 Å². The van der Waals surface area contributed by atoms with Gasteiger partial charge in [-0.3, -0.25) is 0 Å². The Morgan fingerprint density at radius 3 is 2.70 bits per heavy atom. The monoisotopic (exact) mass is 282 g/mol. The summed E-state index contributed by atoms with van der Waals surface area (Å²) in [6, 6.07) is 3.74. The summed E-state index contributed by atoms with van der Waals surface area (Å²) in [4.78, 5) is 11.8. The number of amides is 2. The molecule has 0 saturated heterocycles. The lowest BCUT2D eigenvalue weighted by molar-refractivity contribution is 0.00827. The van der Waals surface area contributed by atoms with Gasteiger partial charge in [0.15, 0.2) is 0 Å². The lowest BCUT2D eigenvalue weighted by Gasteiger charge is -2.29. The molecule has 0 heterocycles. The Bertz CT molecular complexity index is 475. The highest BCUT2D eigenvalue weighted by atomic mass is 19.1. The van der Waals surface area contributed by atoms with E-state index in [-0.39, 0.29) is 18.3 Å². The average Bonchev–Trinajstić information content (AvgIpc) is 2.39. The van der Waals surface area contributed by atoms with Crippen LogP contribution in [0.5, 0.6) is 0 Å². The maximum atomic E-state index is 13.0. The van der Waals surface area contributed by atoms with E-state index in [0.717, 1.165) is 6.42 Å². The smallest absolute Gasteiger partial charge is 0.319 e. The van der Waals surface area contributed by atoms with Crippen LogP contribution in [-0.4, -0.2) is 23.3 Å². The van der Waals surface area contributed by atoms with E-state index in [9.17, 15) is 14.3 Å². The number of hydrogen-bond donors (Lipinski definition) is 3. The van der Waals surface area contributed by atoms with Crippen LogP contribution in [0, 0.1) is 18.7 Å². The SMILES string of the molecule is CCC(C)C(C)(O)CNC(=O)Nc1ccc(F)cc1C. The molecule has 2 unspecified atom stereocenters. The molecular weight excluding hydrogens is 259 g/mol. The summed E-state index contributed by atoms with van der Waals surface area (Å²) in [6.45, 7) is 7.50. The molecule has 0 radical (unpaired) electrons. The van der Waals surface area contributed by atoms with Crippen molar-refractivity contribution in [2.24, 2.45) is 5.92 Å². The molecule has 0 saturated carbocycles. The van der Waals surface area contributed by atoms with Crippen LogP contribution in [0.4, 0.5) is 14.9 Å². The first-order valence-electron chi connectivity index (χ1n) is 6.79. The zero-order valence-corrected chi connectivity index (χ0v) is 12.5. The van der Waals surface area contributed by atoms with Gasteiger partial charge in [0.2, 0.25) is 0 Å². The van der Waals surface area contributed by atoms with Crippen LogP contribution in [0.1, 0.15) is 32.8 Å². The van der Waals surface area contributed by atoms with Gasteiger partial charge < -0.3 is 15.7 Å². The van der Waals surface area contributed by atoms with E-state index in [1.807, 2.05) is 13.8 Å². The first kappa shape index (κ1) is 16.4. The van der Waals surface area contributed by atoms with Crippen molar-refractivity contribution in [1.29, 1.82) is 0 Å². The summed E-state index contributed by atoms with van der Waals surface area (Å²) < 4.78 is 13.0. The summed E-state index contributed by atoms with van der Waals surface area (Å²) in [7, 11) is 0. The number of rotatable bonds is 5. The van der Waals surface area contributed by atoms with Gasteiger partial charge in [-0.2, -0.15) is 0 Å². The molecule has 3 N–H and O–H groups in total. The van der Waals surface area contributed by atoms with Gasteiger partial charge in [0.05, 0.1) is 5.60 Å². The largest absolute Gasteiger partial charge is 0.388 e. The van der Waals surface area contributed by atoms with Gasteiger partial charge in [0.1, 0.15) is 5.82 Å². The van der Waals surface area contributed by atoms with Gasteiger partial charge >= 0.3 is 6.03 Å². The number of aliphatic hydroxyl groups is 1. The predicted octanol–water partition coefficient (Wildman–Crippen LogP) is 3.05. The minimum absolute atomic E-state index is 0.0790. The van der Waals surface area contributed by atoms with Crippen LogP contribution in [0.25, 0.3) is 0 Å². The number of carbonyl (C=O) groups is 1. The van der Waals surface area contributed by atoms with Crippen LogP contribution in [0.2, 0.25) is 0 Å². The van der Waals surface area contributed by atoms with E-state index in [2.05, 4.69) is 10.6 Å². The number of hydrogen-bond acceptors (Lipinski definition) is 2. The molecule has 112 valence electrons. The number of carbonyl (C=O) groups excluding carboxylic acids is 1. The number of halogens is 1. The Morgan fingerprint density at radius 1 is 1.50 bits per heavy atom. The second kappa shape index (κ2) is 6.70. The molecule has 2 amide bonds. The third kappa shape index (κ3) is 4.49. The first-order valence-corrected chi connectivity index (χ1v) is 6.79. The maximum Gasteiger partial charge on any atom is 0.319 e. The van der Waals surface area contributed by atoms with Gasteiger partial charge in [-0.05, 0) is 43.5 Å². The van der Waals surface area contributed by atoms with Crippen molar-refractivity contribution in [2.75, 3.05) is 11.9 Å². The predicted molar refractivity (Wildman–Crippen MR) is 78.2 cm³/mol. The van der Waals surface area contributed by atoms with E-state index >= 15 is 0 Å². The van der Waals surface area contributed by atoms with E-state index in [4.69, 9.17) is 0 Å². The number of benzene rings is 1. The Labute approximate surface area is 119 Å². The van der Waals surface area contributed by atoms with Crippen molar-refractivity contribution < 1.29 is 14.3 Å². The first-order chi connectivity index (χ1) is 9.26. The quantitative estimate of drug-likeness (QED) is 0.777. The molecule has 2 atom stereocenters. The van der Waals surface area contributed by atoms with Crippen LogP contribution >= 0.6 is 0 Å². The highest BCUT2D eigenvalue weighted by Crippen LogP contribution is 2.19. The normalized spacial score (nSPS) is 15.3. The van der Waals surface area contributed by atoms with Crippen molar-refractivity contribution in [3.63, 3.8) is 0 Å². The standard InChI is InChI=1S/C15H23FN2O2/c1-5-11(3)15(4,20)9-17-14(19)18-13-7-6-12(16)8-10(13)2/h6-8,11,20H,5,9H2,1-4H3,(H2,17,18,19). The summed E-state index contributed by atoms with van der Waals surface area (Å²) in [5.41, 5.74) is 0.241. The number of anilines is 1. The fourth-order valence-electron chi connectivity index (χ4n) is 1.81. The zero-order chi connectivity index (χ0) is 15.3. The second-order valence-electron chi connectivity index (χ2n) is 5.43. The molecule has 0 aliphatic rings. The van der Waals surface area contributed by atoms with Gasteiger partial charge in [0, 0.05) is 12.2 Å². The van der Waals surface area contributed by atoms with Gasteiger partial charge in [-0.1, -0.05) is 20.3 Å². The van der Waals surface area contributed by atoms with Crippen molar-refractivity contribution in [3.8, 4) is 0 Å². The van der Waals surface area contributed by atoms with E-state index in [0.29, 0.717) is 11.3 Å². The third-order valence-electron chi connectivity index (χ3n) is 3.72. The molecule has 1 aromatic carbocycles. The molecule has 0 aromatic heterocycles. The van der Waals surface area contributed by atoms with Crippen molar-refractivity contribution >= 4 is 11.7 Å². The second-order valence-corrected chi connectivity index (χ2v) is 5.43. The molecular formula is C15H23FN2O2. The Balaban J connectivity index is 2.56. The molecule has 0 aliphatic heterocycles. The molecule has 4 nitrogen and oxygen atoms in total. The van der Waals surface area contributed by atoms with E-state index < -0.39 is 11.6 Å². The molecule has 0 spiro atoms. The molecule has 0 bridgehead atoms. The third-order valence-corrected chi connectivity index (χ3v) is 3.72. The number of nitrogens with one attached hydrogen (secondary N) is 2. The molecule has 20 heavy (non-hydrogen) atoms. The Kier molecular flexibility index (Phi) is 5.51. The number of urea groups is 1. The maximum absolute atomic E-state index is 13.0. The van der Waals surface area contributed by atoms with Crippen LogP contribution < -0.4 is 10.6 Å². The molecule has 0 aliphatic carbocycles.